The average molecular weight is 229 g/mol. The minimum atomic E-state index is -0.0310. The molecule has 0 radical (unpaired) electrons. The molecule has 0 aromatic rings. The molecule has 5 nitrogen and oxygen atoms in total. The highest BCUT2D eigenvalue weighted by Crippen LogP contribution is 1.87. The third-order valence-corrected chi connectivity index (χ3v) is 1.91. The van der Waals surface area contributed by atoms with E-state index in [4.69, 9.17) is 0 Å². The second-order valence-corrected chi connectivity index (χ2v) is 4.18. The molecular formula is C11H23N3O2. The van der Waals surface area contributed by atoms with Crippen LogP contribution in [0.3, 0.4) is 0 Å². The summed E-state index contributed by atoms with van der Waals surface area (Å²) >= 11 is 0. The summed E-state index contributed by atoms with van der Waals surface area (Å²) in [5.74, 6) is 0.522. The summed E-state index contributed by atoms with van der Waals surface area (Å²) < 4.78 is 0. The molecule has 0 aliphatic rings. The van der Waals surface area contributed by atoms with Crippen molar-refractivity contribution in [3.63, 3.8) is 0 Å². The minimum Gasteiger partial charge on any atom is -0.356 e. The number of hydrogen-bond acceptors (Lipinski definition) is 3. The quantitative estimate of drug-likeness (QED) is 0.508. The molecule has 0 aliphatic carbocycles. The summed E-state index contributed by atoms with van der Waals surface area (Å²) in [6.07, 6.45) is 0.479. The lowest BCUT2D eigenvalue weighted by Crippen LogP contribution is -2.33. The standard InChI is InChI=1S/C11H23N3O2/c1-9(2)8-14-11(16)4-5-12-6-7-13-10(3)15/h9,12H,4-8H2,1-3H3,(H,13,15)(H,14,16). The van der Waals surface area contributed by atoms with Gasteiger partial charge < -0.3 is 16.0 Å². The van der Waals surface area contributed by atoms with Crippen LogP contribution in [-0.4, -0.2) is 38.0 Å². The molecule has 0 bridgehead atoms. The van der Waals surface area contributed by atoms with Gasteiger partial charge in [0.05, 0.1) is 0 Å². The van der Waals surface area contributed by atoms with Crippen molar-refractivity contribution < 1.29 is 9.59 Å². The topological polar surface area (TPSA) is 70.2 Å². The molecule has 0 atom stereocenters. The lowest BCUT2D eigenvalue weighted by molar-refractivity contribution is -0.121. The first-order valence-electron chi connectivity index (χ1n) is 5.74. The summed E-state index contributed by atoms with van der Waals surface area (Å²) in [5, 5.41) is 8.60. The number of carbonyl (C=O) groups excluding carboxylic acids is 2. The summed E-state index contributed by atoms with van der Waals surface area (Å²) in [6, 6.07) is 0. The second kappa shape index (κ2) is 9.15. The normalized spacial score (nSPS) is 10.2. The van der Waals surface area contributed by atoms with Crippen LogP contribution in [-0.2, 0) is 9.59 Å². The van der Waals surface area contributed by atoms with Crippen molar-refractivity contribution in [1.29, 1.82) is 0 Å². The number of carbonyl (C=O) groups is 2. The van der Waals surface area contributed by atoms with Gasteiger partial charge in [0.2, 0.25) is 11.8 Å². The van der Waals surface area contributed by atoms with E-state index in [9.17, 15) is 9.59 Å². The van der Waals surface area contributed by atoms with Crippen LogP contribution in [0, 0.1) is 5.92 Å². The summed E-state index contributed by atoms with van der Waals surface area (Å²) in [5.41, 5.74) is 0. The molecule has 0 aromatic carbocycles. The predicted molar refractivity (Wildman–Crippen MR) is 64.0 cm³/mol. The number of hydrogen-bond donors (Lipinski definition) is 3. The van der Waals surface area contributed by atoms with E-state index < -0.39 is 0 Å². The first-order chi connectivity index (χ1) is 7.52. The van der Waals surface area contributed by atoms with E-state index in [1.165, 1.54) is 6.92 Å². The summed E-state index contributed by atoms with van der Waals surface area (Å²) in [4.78, 5) is 21.8. The van der Waals surface area contributed by atoms with Crippen LogP contribution < -0.4 is 16.0 Å². The van der Waals surface area contributed by atoms with E-state index >= 15 is 0 Å². The average Bonchev–Trinajstić information content (AvgIpc) is 2.19. The fourth-order valence-electron chi connectivity index (χ4n) is 1.06. The van der Waals surface area contributed by atoms with Crippen LogP contribution in [0.15, 0.2) is 0 Å². The fraction of sp³-hybridized carbons (Fsp3) is 0.818. The predicted octanol–water partition coefficient (Wildman–Crippen LogP) is -0.126. The number of rotatable bonds is 8. The molecule has 0 unspecified atom stereocenters. The van der Waals surface area contributed by atoms with Crippen LogP contribution in [0.1, 0.15) is 27.2 Å². The molecule has 0 fully saturated rings. The van der Waals surface area contributed by atoms with Gasteiger partial charge in [-0.25, -0.2) is 0 Å². The van der Waals surface area contributed by atoms with Gasteiger partial charge in [0.15, 0.2) is 0 Å². The van der Waals surface area contributed by atoms with E-state index in [1.807, 2.05) is 0 Å². The maximum atomic E-state index is 11.3. The van der Waals surface area contributed by atoms with Gasteiger partial charge in [0.25, 0.3) is 0 Å². The van der Waals surface area contributed by atoms with Crippen molar-refractivity contribution in [3.8, 4) is 0 Å². The fourth-order valence-corrected chi connectivity index (χ4v) is 1.06. The lowest BCUT2D eigenvalue weighted by Gasteiger charge is -2.08. The zero-order chi connectivity index (χ0) is 12.4. The van der Waals surface area contributed by atoms with Crippen molar-refractivity contribution in [3.05, 3.63) is 0 Å². The van der Waals surface area contributed by atoms with Gasteiger partial charge in [-0.05, 0) is 5.92 Å². The van der Waals surface area contributed by atoms with E-state index in [0.717, 1.165) is 6.54 Å². The largest absolute Gasteiger partial charge is 0.356 e. The third-order valence-electron chi connectivity index (χ3n) is 1.91. The van der Waals surface area contributed by atoms with Gasteiger partial charge >= 0.3 is 0 Å². The molecule has 0 rings (SSSR count). The Morgan fingerprint density at radius 3 is 2.31 bits per heavy atom. The van der Waals surface area contributed by atoms with Crippen molar-refractivity contribution in [1.82, 2.24) is 16.0 Å². The second-order valence-electron chi connectivity index (χ2n) is 4.18. The molecule has 2 amide bonds. The maximum Gasteiger partial charge on any atom is 0.221 e. The molecule has 0 aromatic heterocycles. The molecule has 0 saturated heterocycles. The highest BCUT2D eigenvalue weighted by Gasteiger charge is 2.01. The third kappa shape index (κ3) is 11.0. The Bertz CT molecular complexity index is 217. The van der Waals surface area contributed by atoms with Crippen LogP contribution >= 0.6 is 0 Å². The van der Waals surface area contributed by atoms with Crippen LogP contribution in [0.4, 0.5) is 0 Å². The van der Waals surface area contributed by atoms with Crippen LogP contribution in [0.2, 0.25) is 0 Å². The van der Waals surface area contributed by atoms with Gasteiger partial charge in [0.1, 0.15) is 0 Å². The molecule has 0 spiro atoms. The van der Waals surface area contributed by atoms with Crippen molar-refractivity contribution in [2.24, 2.45) is 5.92 Å². The monoisotopic (exact) mass is 229 g/mol. The highest BCUT2D eigenvalue weighted by atomic mass is 16.2. The molecule has 3 N–H and O–H groups in total. The highest BCUT2D eigenvalue weighted by molar-refractivity contribution is 5.76. The van der Waals surface area contributed by atoms with Crippen LogP contribution in [0.25, 0.3) is 0 Å². The Morgan fingerprint density at radius 2 is 1.75 bits per heavy atom. The Labute approximate surface area is 97.4 Å². The lowest BCUT2D eigenvalue weighted by atomic mass is 10.2. The maximum absolute atomic E-state index is 11.3. The van der Waals surface area contributed by atoms with Crippen LogP contribution in [0.5, 0.6) is 0 Å². The zero-order valence-electron chi connectivity index (χ0n) is 10.4. The minimum absolute atomic E-state index is 0.0310. The molecule has 5 heteroatoms. The van der Waals surface area contributed by atoms with Gasteiger partial charge in [-0.1, -0.05) is 13.8 Å². The SMILES string of the molecule is CC(=O)NCCNCCC(=O)NCC(C)C. The molecule has 0 heterocycles. The van der Waals surface area contributed by atoms with E-state index in [1.54, 1.807) is 0 Å². The van der Waals surface area contributed by atoms with Crippen molar-refractivity contribution >= 4 is 11.8 Å². The van der Waals surface area contributed by atoms with Crippen molar-refractivity contribution in [2.75, 3.05) is 26.2 Å². The van der Waals surface area contributed by atoms with Gasteiger partial charge in [0, 0.05) is 39.5 Å². The smallest absolute Gasteiger partial charge is 0.221 e. The summed E-state index contributed by atoms with van der Waals surface area (Å²) in [7, 11) is 0. The molecule has 0 saturated carbocycles. The Balaban J connectivity index is 3.24. The molecule has 16 heavy (non-hydrogen) atoms. The Morgan fingerprint density at radius 1 is 1.06 bits per heavy atom. The van der Waals surface area contributed by atoms with E-state index in [0.29, 0.717) is 32.0 Å². The van der Waals surface area contributed by atoms with E-state index in [2.05, 4.69) is 29.8 Å². The number of nitrogens with one attached hydrogen (secondary N) is 3. The van der Waals surface area contributed by atoms with E-state index in [-0.39, 0.29) is 11.8 Å². The molecular weight excluding hydrogens is 206 g/mol. The van der Waals surface area contributed by atoms with Gasteiger partial charge in [-0.3, -0.25) is 9.59 Å². The molecule has 0 aliphatic heterocycles. The zero-order valence-corrected chi connectivity index (χ0v) is 10.4. The Kier molecular flexibility index (Phi) is 8.52. The van der Waals surface area contributed by atoms with Gasteiger partial charge in [-0.15, -0.1) is 0 Å². The van der Waals surface area contributed by atoms with Crippen molar-refractivity contribution in [2.45, 2.75) is 27.2 Å². The number of amides is 2. The summed E-state index contributed by atoms with van der Waals surface area (Å²) in [6.45, 7) is 8.27. The van der Waals surface area contributed by atoms with Gasteiger partial charge in [-0.2, -0.15) is 0 Å². The first kappa shape index (κ1) is 14.9. The Hall–Kier alpha value is -1.10. The first-order valence-corrected chi connectivity index (χ1v) is 5.74. The molecule has 94 valence electrons.